The number of piperidine rings is 1. The minimum absolute atomic E-state index is 0.253. The molecular formula is C15H28N2O2. The number of nitrogens with one attached hydrogen (secondary N) is 1. The second kappa shape index (κ2) is 5.41. The van der Waals surface area contributed by atoms with Crippen molar-refractivity contribution >= 4 is 5.91 Å². The van der Waals surface area contributed by atoms with Gasteiger partial charge in [0.2, 0.25) is 5.91 Å². The van der Waals surface area contributed by atoms with E-state index in [1.807, 2.05) is 25.7 Å². The molecule has 2 aliphatic rings. The average Bonchev–Trinajstić information content (AvgIpc) is 2.33. The van der Waals surface area contributed by atoms with Gasteiger partial charge in [-0.1, -0.05) is 20.8 Å². The van der Waals surface area contributed by atoms with Crippen molar-refractivity contribution < 1.29 is 9.90 Å². The molecule has 1 saturated heterocycles. The lowest BCUT2D eigenvalue weighted by molar-refractivity contribution is -0.140. The number of amides is 1. The molecule has 0 atom stereocenters. The molecule has 4 nitrogen and oxygen atoms in total. The van der Waals surface area contributed by atoms with Crippen LogP contribution in [0.15, 0.2) is 0 Å². The number of aliphatic hydroxyl groups is 1. The predicted octanol–water partition coefficient (Wildman–Crippen LogP) is 1.53. The smallest absolute Gasteiger partial charge is 0.227 e. The van der Waals surface area contributed by atoms with Crippen LogP contribution in [0.4, 0.5) is 0 Å². The van der Waals surface area contributed by atoms with E-state index in [0.717, 1.165) is 45.2 Å². The largest absolute Gasteiger partial charge is 0.389 e. The van der Waals surface area contributed by atoms with Crippen LogP contribution in [0, 0.1) is 5.41 Å². The Balaban J connectivity index is 1.72. The second-order valence-corrected chi connectivity index (χ2v) is 7.28. The molecule has 1 aliphatic carbocycles. The zero-order valence-corrected chi connectivity index (χ0v) is 12.5. The SMILES string of the molecule is CC(C)(C)C(=O)N1CCC(NCC2(O)CCC2)CC1. The molecule has 0 radical (unpaired) electrons. The molecule has 2 N–H and O–H groups in total. The fourth-order valence-corrected chi connectivity index (χ4v) is 2.86. The first-order valence-corrected chi connectivity index (χ1v) is 7.55. The van der Waals surface area contributed by atoms with Gasteiger partial charge in [-0.25, -0.2) is 0 Å². The number of hydrogen-bond donors (Lipinski definition) is 2. The predicted molar refractivity (Wildman–Crippen MR) is 75.9 cm³/mol. The molecule has 19 heavy (non-hydrogen) atoms. The summed E-state index contributed by atoms with van der Waals surface area (Å²) in [7, 11) is 0. The molecule has 0 aromatic heterocycles. The Bertz CT molecular complexity index is 324. The lowest BCUT2D eigenvalue weighted by atomic mass is 9.80. The van der Waals surface area contributed by atoms with E-state index in [2.05, 4.69) is 5.32 Å². The van der Waals surface area contributed by atoms with Crippen molar-refractivity contribution in [3.8, 4) is 0 Å². The summed E-state index contributed by atoms with van der Waals surface area (Å²) in [5, 5.41) is 13.5. The van der Waals surface area contributed by atoms with E-state index < -0.39 is 5.60 Å². The molecule has 0 bridgehead atoms. The maximum absolute atomic E-state index is 12.2. The Morgan fingerprint density at radius 3 is 2.32 bits per heavy atom. The molecule has 0 aromatic carbocycles. The van der Waals surface area contributed by atoms with Crippen LogP contribution in [-0.2, 0) is 4.79 Å². The Hall–Kier alpha value is -0.610. The van der Waals surface area contributed by atoms with Gasteiger partial charge in [-0.15, -0.1) is 0 Å². The Kier molecular flexibility index (Phi) is 4.21. The number of carbonyl (C=O) groups is 1. The van der Waals surface area contributed by atoms with Crippen LogP contribution in [0.1, 0.15) is 52.9 Å². The van der Waals surface area contributed by atoms with E-state index in [-0.39, 0.29) is 11.3 Å². The van der Waals surface area contributed by atoms with Crippen molar-refractivity contribution in [1.29, 1.82) is 0 Å². The summed E-state index contributed by atoms with van der Waals surface area (Å²) in [6.45, 7) is 8.33. The van der Waals surface area contributed by atoms with E-state index in [4.69, 9.17) is 0 Å². The lowest BCUT2D eigenvalue weighted by Gasteiger charge is -2.40. The van der Waals surface area contributed by atoms with Crippen LogP contribution in [-0.4, -0.2) is 47.2 Å². The Morgan fingerprint density at radius 1 is 1.32 bits per heavy atom. The third-order valence-corrected chi connectivity index (χ3v) is 4.43. The number of nitrogens with zero attached hydrogens (tertiary/aromatic N) is 1. The second-order valence-electron chi connectivity index (χ2n) is 7.28. The third-order valence-electron chi connectivity index (χ3n) is 4.43. The molecule has 0 spiro atoms. The summed E-state index contributed by atoms with van der Waals surface area (Å²) in [6.07, 6.45) is 5.01. The molecular weight excluding hydrogens is 240 g/mol. The molecule has 110 valence electrons. The van der Waals surface area contributed by atoms with Crippen molar-refractivity contribution in [2.75, 3.05) is 19.6 Å². The van der Waals surface area contributed by atoms with Gasteiger partial charge in [0.05, 0.1) is 5.60 Å². The average molecular weight is 268 g/mol. The van der Waals surface area contributed by atoms with Crippen molar-refractivity contribution in [1.82, 2.24) is 10.2 Å². The summed E-state index contributed by atoms with van der Waals surface area (Å²) in [5.74, 6) is 0.253. The van der Waals surface area contributed by atoms with Crippen LogP contribution in [0.5, 0.6) is 0 Å². The highest BCUT2D eigenvalue weighted by Gasteiger charge is 2.35. The number of hydrogen-bond acceptors (Lipinski definition) is 3. The Labute approximate surface area is 116 Å². The number of rotatable bonds is 3. The van der Waals surface area contributed by atoms with Gasteiger partial charge >= 0.3 is 0 Å². The molecule has 2 rings (SSSR count). The first kappa shape index (κ1) is 14.8. The summed E-state index contributed by atoms with van der Waals surface area (Å²) < 4.78 is 0. The summed E-state index contributed by atoms with van der Waals surface area (Å²) >= 11 is 0. The van der Waals surface area contributed by atoms with Gasteiger partial charge in [0.15, 0.2) is 0 Å². The van der Waals surface area contributed by atoms with Crippen LogP contribution < -0.4 is 5.32 Å². The standard InChI is InChI=1S/C15H28N2O2/c1-14(2,3)13(18)17-9-5-12(6-10-17)16-11-15(19)7-4-8-15/h12,16,19H,4-11H2,1-3H3. The first-order valence-electron chi connectivity index (χ1n) is 7.55. The summed E-state index contributed by atoms with van der Waals surface area (Å²) in [5.41, 5.74) is -0.723. The zero-order valence-electron chi connectivity index (χ0n) is 12.5. The first-order chi connectivity index (χ1) is 8.80. The summed E-state index contributed by atoms with van der Waals surface area (Å²) in [4.78, 5) is 14.1. The lowest BCUT2D eigenvalue weighted by Crippen LogP contribution is -2.52. The van der Waals surface area contributed by atoms with Crippen molar-refractivity contribution in [2.45, 2.75) is 64.5 Å². The van der Waals surface area contributed by atoms with Gasteiger partial charge in [0, 0.05) is 31.1 Å². The van der Waals surface area contributed by atoms with E-state index in [1.165, 1.54) is 0 Å². The van der Waals surface area contributed by atoms with Gasteiger partial charge in [0.1, 0.15) is 0 Å². The molecule has 0 aromatic rings. The van der Waals surface area contributed by atoms with Crippen molar-refractivity contribution in [2.24, 2.45) is 5.41 Å². The zero-order chi connectivity index (χ0) is 14.1. The monoisotopic (exact) mass is 268 g/mol. The molecule has 0 unspecified atom stereocenters. The Morgan fingerprint density at radius 2 is 1.89 bits per heavy atom. The third kappa shape index (κ3) is 3.69. The fraction of sp³-hybridized carbons (Fsp3) is 0.933. The van der Waals surface area contributed by atoms with Crippen LogP contribution in [0.3, 0.4) is 0 Å². The summed E-state index contributed by atoms with van der Waals surface area (Å²) in [6, 6.07) is 0.452. The van der Waals surface area contributed by atoms with Crippen LogP contribution in [0.2, 0.25) is 0 Å². The van der Waals surface area contributed by atoms with Gasteiger partial charge in [0.25, 0.3) is 0 Å². The minimum Gasteiger partial charge on any atom is -0.389 e. The van der Waals surface area contributed by atoms with E-state index in [0.29, 0.717) is 12.6 Å². The molecule has 1 amide bonds. The molecule has 2 fully saturated rings. The normalized spacial score (nSPS) is 24.1. The number of carbonyl (C=O) groups excluding carboxylic acids is 1. The highest BCUT2D eigenvalue weighted by Crippen LogP contribution is 2.31. The highest BCUT2D eigenvalue weighted by molar-refractivity contribution is 5.81. The van der Waals surface area contributed by atoms with Gasteiger partial charge in [-0.3, -0.25) is 4.79 Å². The maximum Gasteiger partial charge on any atom is 0.227 e. The van der Waals surface area contributed by atoms with Crippen molar-refractivity contribution in [3.63, 3.8) is 0 Å². The topological polar surface area (TPSA) is 52.6 Å². The van der Waals surface area contributed by atoms with E-state index in [9.17, 15) is 9.90 Å². The van der Waals surface area contributed by atoms with Crippen LogP contribution >= 0.6 is 0 Å². The fourth-order valence-electron chi connectivity index (χ4n) is 2.86. The van der Waals surface area contributed by atoms with Gasteiger partial charge in [-0.05, 0) is 32.1 Å². The molecule has 1 heterocycles. The highest BCUT2D eigenvalue weighted by atomic mass is 16.3. The molecule has 1 aliphatic heterocycles. The van der Waals surface area contributed by atoms with Gasteiger partial charge < -0.3 is 15.3 Å². The maximum atomic E-state index is 12.2. The van der Waals surface area contributed by atoms with E-state index >= 15 is 0 Å². The van der Waals surface area contributed by atoms with Crippen molar-refractivity contribution in [3.05, 3.63) is 0 Å². The number of likely N-dealkylation sites (tertiary alicyclic amines) is 1. The quantitative estimate of drug-likeness (QED) is 0.816. The molecule has 4 heteroatoms. The van der Waals surface area contributed by atoms with E-state index in [1.54, 1.807) is 0 Å². The van der Waals surface area contributed by atoms with Crippen LogP contribution in [0.25, 0.3) is 0 Å². The van der Waals surface area contributed by atoms with Gasteiger partial charge in [-0.2, -0.15) is 0 Å². The minimum atomic E-state index is -0.446. The molecule has 1 saturated carbocycles.